The fourth-order valence-electron chi connectivity index (χ4n) is 3.98. The number of hydrogen-bond donors (Lipinski definition) is 0. The topological polar surface area (TPSA) is 84.7 Å². The third-order valence-electron chi connectivity index (χ3n) is 5.44. The van der Waals surface area contributed by atoms with Gasteiger partial charge in [0.25, 0.3) is 0 Å². The van der Waals surface area contributed by atoms with Gasteiger partial charge in [0.1, 0.15) is 0 Å². The summed E-state index contributed by atoms with van der Waals surface area (Å²) in [6, 6.07) is 5.08. The monoisotopic (exact) mass is 468 g/mol. The van der Waals surface area contributed by atoms with E-state index >= 15 is 0 Å². The minimum atomic E-state index is -3.55. The van der Waals surface area contributed by atoms with Crippen LogP contribution in [0.15, 0.2) is 28.3 Å². The molecule has 0 radical (unpaired) electrons. The van der Waals surface area contributed by atoms with E-state index < -0.39 is 10.0 Å². The summed E-state index contributed by atoms with van der Waals surface area (Å²) in [5.41, 5.74) is 1.49. The second-order valence-corrected chi connectivity index (χ2v) is 10.6. The fraction of sp³-hybridized carbons (Fsp3) is 0.619. The molecule has 3 rings (SSSR count). The number of thioether (sulfide) groups is 1. The van der Waals surface area contributed by atoms with Crippen LogP contribution >= 0.6 is 11.8 Å². The Hall–Kier alpha value is -1.62. The number of ether oxygens (including phenoxy) is 1. The van der Waals surface area contributed by atoms with E-state index in [2.05, 4.69) is 4.98 Å². The standard InChI is InChI=1S/C21H32N4O4S2/c1-6-24(7-2)31(27,28)17-9-10-19-18(11-17)22-21(25(19)8-3)30-14-20(26)23-12-15(4)29-16(5)13-23/h9-11,15-16H,6-8,12-14H2,1-5H3/t15-,16+. The van der Waals surface area contributed by atoms with Gasteiger partial charge in [-0.05, 0) is 39.0 Å². The first kappa shape index (κ1) is 24.0. The second-order valence-electron chi connectivity index (χ2n) is 7.72. The Balaban J connectivity index is 1.82. The molecule has 10 heteroatoms. The number of nitrogens with zero attached hydrogens (tertiary/aromatic N) is 4. The number of morpholine rings is 1. The van der Waals surface area contributed by atoms with Crippen LogP contribution in [0.1, 0.15) is 34.6 Å². The van der Waals surface area contributed by atoms with Crippen molar-refractivity contribution in [3.8, 4) is 0 Å². The summed E-state index contributed by atoms with van der Waals surface area (Å²) in [5.74, 6) is 0.347. The summed E-state index contributed by atoms with van der Waals surface area (Å²) in [6.45, 7) is 12.3. The number of amides is 1. The molecule has 0 saturated carbocycles. The van der Waals surface area contributed by atoms with E-state index in [1.54, 1.807) is 18.2 Å². The second kappa shape index (κ2) is 9.89. The summed E-state index contributed by atoms with van der Waals surface area (Å²) >= 11 is 1.39. The van der Waals surface area contributed by atoms with E-state index in [4.69, 9.17) is 4.74 Å². The highest BCUT2D eigenvalue weighted by Gasteiger charge is 2.27. The van der Waals surface area contributed by atoms with Gasteiger partial charge in [0.2, 0.25) is 15.9 Å². The maximum absolute atomic E-state index is 12.9. The number of hydrogen-bond acceptors (Lipinski definition) is 6. The van der Waals surface area contributed by atoms with Gasteiger partial charge in [-0.15, -0.1) is 0 Å². The largest absolute Gasteiger partial charge is 0.372 e. The van der Waals surface area contributed by atoms with Crippen LogP contribution in [-0.4, -0.2) is 77.2 Å². The molecule has 2 aromatic rings. The van der Waals surface area contributed by atoms with Gasteiger partial charge in [-0.2, -0.15) is 4.31 Å². The number of carbonyl (C=O) groups excluding carboxylic acids is 1. The van der Waals surface area contributed by atoms with Crippen molar-refractivity contribution in [1.82, 2.24) is 18.8 Å². The van der Waals surface area contributed by atoms with Gasteiger partial charge in [-0.3, -0.25) is 4.79 Å². The average Bonchev–Trinajstić information content (AvgIpc) is 3.08. The quantitative estimate of drug-likeness (QED) is 0.554. The summed E-state index contributed by atoms with van der Waals surface area (Å²) in [6.07, 6.45) is 0.0631. The lowest BCUT2D eigenvalue weighted by Crippen LogP contribution is -2.48. The lowest BCUT2D eigenvalue weighted by molar-refractivity contribution is -0.140. The number of carbonyl (C=O) groups is 1. The summed E-state index contributed by atoms with van der Waals surface area (Å²) in [7, 11) is -3.55. The van der Waals surface area contributed by atoms with Crippen molar-refractivity contribution in [2.75, 3.05) is 31.9 Å². The zero-order valence-electron chi connectivity index (χ0n) is 18.9. The van der Waals surface area contributed by atoms with Crippen LogP contribution in [0, 0.1) is 0 Å². The lowest BCUT2D eigenvalue weighted by atomic mass is 10.2. The van der Waals surface area contributed by atoms with E-state index in [1.165, 1.54) is 16.1 Å². The summed E-state index contributed by atoms with van der Waals surface area (Å²) in [4.78, 5) is 19.5. The minimum Gasteiger partial charge on any atom is -0.372 e. The van der Waals surface area contributed by atoms with E-state index in [9.17, 15) is 13.2 Å². The molecule has 1 aliphatic heterocycles. The van der Waals surface area contributed by atoms with Gasteiger partial charge in [0, 0.05) is 32.7 Å². The average molecular weight is 469 g/mol. The van der Waals surface area contributed by atoms with Gasteiger partial charge < -0.3 is 14.2 Å². The van der Waals surface area contributed by atoms with E-state index in [0.717, 1.165) is 10.7 Å². The Morgan fingerprint density at radius 2 is 1.84 bits per heavy atom. The molecule has 172 valence electrons. The summed E-state index contributed by atoms with van der Waals surface area (Å²) < 4.78 is 34.9. The van der Waals surface area contributed by atoms with Crippen LogP contribution in [0.2, 0.25) is 0 Å². The Bertz CT molecular complexity index is 1020. The number of aryl methyl sites for hydroxylation is 1. The van der Waals surface area contributed by atoms with Crippen molar-refractivity contribution in [1.29, 1.82) is 0 Å². The molecule has 31 heavy (non-hydrogen) atoms. The molecular formula is C21H32N4O4S2. The normalized spacial score (nSPS) is 20.0. The molecule has 8 nitrogen and oxygen atoms in total. The molecule has 0 N–H and O–H groups in total. The zero-order chi connectivity index (χ0) is 22.8. The molecule has 1 saturated heterocycles. The molecule has 1 amide bonds. The number of imidazole rings is 1. The van der Waals surface area contributed by atoms with Gasteiger partial charge >= 0.3 is 0 Å². The molecule has 0 bridgehead atoms. The molecule has 1 aromatic carbocycles. The smallest absolute Gasteiger partial charge is 0.243 e. The predicted octanol–water partition coefficient (Wildman–Crippen LogP) is 2.81. The molecule has 1 fully saturated rings. The Labute approximate surface area is 189 Å². The van der Waals surface area contributed by atoms with Crippen molar-refractivity contribution in [2.24, 2.45) is 0 Å². The molecule has 0 spiro atoms. The first-order valence-electron chi connectivity index (χ1n) is 10.8. The third kappa shape index (κ3) is 5.08. The van der Waals surface area contributed by atoms with Crippen molar-refractivity contribution >= 4 is 38.7 Å². The maximum Gasteiger partial charge on any atom is 0.243 e. The maximum atomic E-state index is 12.9. The zero-order valence-corrected chi connectivity index (χ0v) is 20.5. The van der Waals surface area contributed by atoms with Crippen LogP contribution in [0.25, 0.3) is 11.0 Å². The van der Waals surface area contributed by atoms with E-state index in [1.807, 2.05) is 44.1 Å². The Morgan fingerprint density at radius 3 is 2.42 bits per heavy atom. The van der Waals surface area contributed by atoms with E-state index in [-0.39, 0.29) is 28.8 Å². The van der Waals surface area contributed by atoms with Gasteiger partial charge in [0.05, 0.1) is 33.9 Å². The van der Waals surface area contributed by atoms with Crippen LogP contribution in [0.3, 0.4) is 0 Å². The van der Waals surface area contributed by atoms with Crippen molar-refractivity contribution in [2.45, 2.75) is 63.4 Å². The highest BCUT2D eigenvalue weighted by molar-refractivity contribution is 7.99. The molecule has 1 aromatic heterocycles. The minimum absolute atomic E-state index is 0.0316. The number of sulfonamides is 1. The Morgan fingerprint density at radius 1 is 1.19 bits per heavy atom. The first-order valence-corrected chi connectivity index (χ1v) is 13.2. The molecule has 2 heterocycles. The van der Waals surface area contributed by atoms with Gasteiger partial charge in [-0.25, -0.2) is 13.4 Å². The highest BCUT2D eigenvalue weighted by Crippen LogP contribution is 2.27. The lowest BCUT2D eigenvalue weighted by Gasteiger charge is -2.35. The molecule has 0 unspecified atom stereocenters. The van der Waals surface area contributed by atoms with Crippen LogP contribution in [0.4, 0.5) is 0 Å². The van der Waals surface area contributed by atoms with Crippen LogP contribution in [0.5, 0.6) is 0 Å². The molecule has 1 aliphatic rings. The first-order chi connectivity index (χ1) is 14.7. The molecule has 2 atom stereocenters. The van der Waals surface area contributed by atoms with Crippen molar-refractivity contribution in [3.63, 3.8) is 0 Å². The number of aromatic nitrogens is 2. The number of benzene rings is 1. The highest BCUT2D eigenvalue weighted by atomic mass is 32.2. The SMILES string of the molecule is CCN(CC)S(=O)(=O)c1ccc2c(c1)nc(SCC(=O)N1C[C@@H](C)O[C@@H](C)C1)n2CC. The van der Waals surface area contributed by atoms with Gasteiger partial charge in [-0.1, -0.05) is 25.6 Å². The number of rotatable bonds is 8. The van der Waals surface area contributed by atoms with Crippen LogP contribution < -0.4 is 0 Å². The Kier molecular flexibility index (Phi) is 7.67. The molecule has 0 aliphatic carbocycles. The molecular weight excluding hydrogens is 436 g/mol. The third-order valence-corrected chi connectivity index (χ3v) is 8.45. The van der Waals surface area contributed by atoms with Crippen molar-refractivity contribution < 1.29 is 17.9 Å². The van der Waals surface area contributed by atoms with E-state index in [0.29, 0.717) is 38.2 Å². The number of fused-ring (bicyclic) bond motifs is 1. The predicted molar refractivity (Wildman–Crippen MR) is 123 cm³/mol. The summed E-state index contributed by atoms with van der Waals surface area (Å²) in [5, 5.41) is 0.720. The van der Waals surface area contributed by atoms with Crippen molar-refractivity contribution in [3.05, 3.63) is 18.2 Å². The van der Waals surface area contributed by atoms with Gasteiger partial charge in [0.15, 0.2) is 5.16 Å². The van der Waals surface area contributed by atoms with Crippen LogP contribution in [-0.2, 0) is 26.1 Å². The fourth-order valence-corrected chi connectivity index (χ4v) is 6.44.